The van der Waals surface area contributed by atoms with Gasteiger partial charge in [0.1, 0.15) is 5.49 Å². The van der Waals surface area contributed by atoms with E-state index in [-0.39, 0.29) is 0 Å². The highest BCUT2D eigenvalue weighted by molar-refractivity contribution is 9.10. The van der Waals surface area contributed by atoms with Gasteiger partial charge in [0, 0.05) is 10.7 Å². The van der Waals surface area contributed by atoms with Crippen LogP contribution in [0.15, 0.2) is 27.8 Å². The van der Waals surface area contributed by atoms with Crippen LogP contribution in [-0.4, -0.2) is 11.0 Å². The van der Waals surface area contributed by atoms with Crippen molar-refractivity contribution in [3.05, 3.63) is 28.3 Å². The largest absolute Gasteiger partial charge is 0.347 e. The molecular formula is C10H15BrN2. The van der Waals surface area contributed by atoms with Gasteiger partial charge in [-0.3, -0.25) is 4.99 Å². The number of hydrogen-bond acceptors (Lipinski definition) is 1. The Kier molecular flexibility index (Phi) is 3.72. The van der Waals surface area contributed by atoms with Crippen molar-refractivity contribution >= 4 is 15.9 Å². The number of nitrogens with one attached hydrogen (secondary N) is 1. The molecule has 0 aliphatic carbocycles. The van der Waals surface area contributed by atoms with Gasteiger partial charge in [-0.15, -0.1) is 0 Å². The van der Waals surface area contributed by atoms with Crippen LogP contribution < -0.4 is 5.49 Å². The second-order valence-corrected chi connectivity index (χ2v) is 4.42. The topological polar surface area (TPSA) is 28.1 Å². The lowest BCUT2D eigenvalue weighted by Crippen LogP contribution is -2.15. The molecule has 72 valence electrons. The van der Waals surface area contributed by atoms with E-state index in [2.05, 4.69) is 46.7 Å². The van der Waals surface area contributed by atoms with E-state index in [9.17, 15) is 0 Å². The van der Waals surface area contributed by atoms with Crippen LogP contribution in [0.5, 0.6) is 0 Å². The molecule has 0 radical (unpaired) electrons. The minimum Gasteiger partial charge on any atom is -0.347 e. The van der Waals surface area contributed by atoms with Gasteiger partial charge in [-0.1, -0.05) is 29.8 Å². The van der Waals surface area contributed by atoms with Crippen molar-refractivity contribution in [3.63, 3.8) is 0 Å². The zero-order valence-electron chi connectivity index (χ0n) is 8.21. The third-order valence-corrected chi connectivity index (χ3v) is 2.55. The van der Waals surface area contributed by atoms with E-state index in [0.29, 0.717) is 12.0 Å². The quantitative estimate of drug-likeness (QED) is 0.827. The smallest absolute Gasteiger partial charge is 0.126 e. The van der Waals surface area contributed by atoms with Gasteiger partial charge in [0.05, 0.1) is 6.04 Å². The highest BCUT2D eigenvalue weighted by atomic mass is 79.9. The Labute approximate surface area is 87.2 Å². The average Bonchev–Trinajstić information content (AvgIpc) is 2.04. The number of aromatic nitrogens is 1. The van der Waals surface area contributed by atoms with Crippen molar-refractivity contribution < 1.29 is 0 Å². The first kappa shape index (κ1) is 10.5. The standard InChI is InChI=1S/C10H15BrN2/c1-7(2)8(3)13-10-6-9(11)4-5-12-10/h4-8H,1-3H3,(H,12,13)/t8-/m0/s1. The molecule has 0 fully saturated rings. The van der Waals surface area contributed by atoms with Crippen LogP contribution in [0.3, 0.4) is 0 Å². The summed E-state index contributed by atoms with van der Waals surface area (Å²) in [6, 6.07) is 4.29. The van der Waals surface area contributed by atoms with E-state index in [1.165, 1.54) is 0 Å². The summed E-state index contributed by atoms with van der Waals surface area (Å²) in [4.78, 5) is 7.63. The van der Waals surface area contributed by atoms with Crippen molar-refractivity contribution in [2.45, 2.75) is 26.8 Å². The number of hydrogen-bond donors (Lipinski definition) is 1. The predicted molar refractivity (Wildman–Crippen MR) is 58.4 cm³/mol. The van der Waals surface area contributed by atoms with Gasteiger partial charge in [0.15, 0.2) is 0 Å². The summed E-state index contributed by atoms with van der Waals surface area (Å²) >= 11 is 3.41. The first-order valence-corrected chi connectivity index (χ1v) is 5.27. The number of aromatic amines is 1. The van der Waals surface area contributed by atoms with Crippen LogP contribution >= 0.6 is 15.9 Å². The normalized spacial score (nSPS) is 15.0. The molecule has 0 unspecified atom stereocenters. The summed E-state index contributed by atoms with van der Waals surface area (Å²) in [7, 11) is 0. The van der Waals surface area contributed by atoms with E-state index in [4.69, 9.17) is 0 Å². The monoisotopic (exact) mass is 242 g/mol. The maximum absolute atomic E-state index is 4.53. The summed E-state index contributed by atoms with van der Waals surface area (Å²) < 4.78 is 1.06. The molecule has 1 heterocycles. The van der Waals surface area contributed by atoms with E-state index in [1.54, 1.807) is 0 Å². The average molecular weight is 243 g/mol. The molecule has 1 N–H and O–H groups in total. The van der Waals surface area contributed by atoms with Crippen molar-refractivity contribution in [2.75, 3.05) is 0 Å². The lowest BCUT2D eigenvalue weighted by molar-refractivity contribution is 0.519. The summed E-state index contributed by atoms with van der Waals surface area (Å²) in [5, 5.41) is 0. The molecule has 0 aliphatic heterocycles. The highest BCUT2D eigenvalue weighted by Crippen LogP contribution is 2.05. The Balaban J connectivity index is 2.94. The minimum atomic E-state index is 0.352. The van der Waals surface area contributed by atoms with Crippen LogP contribution in [0.1, 0.15) is 20.8 Å². The maximum Gasteiger partial charge on any atom is 0.126 e. The van der Waals surface area contributed by atoms with Crippen molar-refractivity contribution in [1.29, 1.82) is 0 Å². The maximum atomic E-state index is 4.53. The molecule has 0 amide bonds. The predicted octanol–water partition coefficient (Wildman–Crippen LogP) is 2.72. The third-order valence-electron chi connectivity index (χ3n) is 2.06. The molecule has 13 heavy (non-hydrogen) atoms. The summed E-state index contributed by atoms with van der Waals surface area (Å²) in [6.45, 7) is 6.47. The second kappa shape index (κ2) is 4.61. The second-order valence-electron chi connectivity index (χ2n) is 3.51. The molecule has 1 rings (SSSR count). The van der Waals surface area contributed by atoms with Crippen LogP contribution in [0, 0.1) is 5.92 Å². The minimum absolute atomic E-state index is 0.352. The van der Waals surface area contributed by atoms with Crippen LogP contribution in [0.2, 0.25) is 0 Å². The van der Waals surface area contributed by atoms with E-state index in [1.807, 2.05) is 18.3 Å². The molecule has 1 aromatic rings. The number of halogens is 1. The fraction of sp³-hybridized carbons (Fsp3) is 0.500. The first-order chi connectivity index (χ1) is 6.09. The lowest BCUT2D eigenvalue weighted by Gasteiger charge is -2.08. The van der Waals surface area contributed by atoms with Crippen LogP contribution in [0.25, 0.3) is 0 Å². The van der Waals surface area contributed by atoms with Gasteiger partial charge in [-0.25, -0.2) is 0 Å². The molecule has 2 nitrogen and oxygen atoms in total. The summed E-state index contributed by atoms with van der Waals surface area (Å²) in [6.07, 6.45) is 1.88. The Bertz CT molecular complexity index is 328. The molecular weight excluding hydrogens is 228 g/mol. The number of H-pyrrole nitrogens is 1. The van der Waals surface area contributed by atoms with Crippen LogP contribution in [-0.2, 0) is 0 Å². The fourth-order valence-electron chi connectivity index (χ4n) is 0.870. The molecule has 3 heteroatoms. The van der Waals surface area contributed by atoms with Gasteiger partial charge >= 0.3 is 0 Å². The summed E-state index contributed by atoms with van der Waals surface area (Å²) in [5.74, 6) is 0.576. The third kappa shape index (κ3) is 3.35. The zero-order valence-corrected chi connectivity index (χ0v) is 9.80. The number of pyridine rings is 1. The van der Waals surface area contributed by atoms with E-state index >= 15 is 0 Å². The van der Waals surface area contributed by atoms with E-state index < -0.39 is 0 Å². The molecule has 1 aromatic heterocycles. The fourth-order valence-corrected chi connectivity index (χ4v) is 1.22. The zero-order chi connectivity index (χ0) is 9.84. The molecule has 0 aromatic carbocycles. The Morgan fingerprint density at radius 1 is 1.38 bits per heavy atom. The van der Waals surface area contributed by atoms with Gasteiger partial charge in [0.25, 0.3) is 0 Å². The van der Waals surface area contributed by atoms with Gasteiger partial charge in [-0.2, -0.15) is 0 Å². The number of rotatable bonds is 2. The Hall–Kier alpha value is -0.570. The highest BCUT2D eigenvalue weighted by Gasteiger charge is 2.02. The molecule has 0 bridgehead atoms. The first-order valence-electron chi connectivity index (χ1n) is 4.47. The van der Waals surface area contributed by atoms with E-state index in [0.717, 1.165) is 9.96 Å². The summed E-state index contributed by atoms with van der Waals surface area (Å²) in [5.41, 5.74) is 0.926. The molecule has 0 saturated heterocycles. The molecule has 0 spiro atoms. The number of nitrogens with zero attached hydrogens (tertiary/aromatic N) is 1. The Morgan fingerprint density at radius 2 is 2.08 bits per heavy atom. The van der Waals surface area contributed by atoms with Crippen LogP contribution in [0.4, 0.5) is 0 Å². The Morgan fingerprint density at radius 3 is 2.62 bits per heavy atom. The van der Waals surface area contributed by atoms with Crippen molar-refractivity contribution in [2.24, 2.45) is 10.9 Å². The molecule has 0 aliphatic rings. The lowest BCUT2D eigenvalue weighted by atomic mass is 10.1. The van der Waals surface area contributed by atoms with Gasteiger partial charge in [0.2, 0.25) is 0 Å². The van der Waals surface area contributed by atoms with Crippen molar-refractivity contribution in [1.82, 2.24) is 4.98 Å². The molecule has 0 saturated carbocycles. The van der Waals surface area contributed by atoms with Crippen molar-refractivity contribution in [3.8, 4) is 0 Å². The van der Waals surface area contributed by atoms with Gasteiger partial charge in [-0.05, 0) is 25.0 Å². The van der Waals surface area contributed by atoms with Gasteiger partial charge < -0.3 is 4.98 Å². The SMILES string of the molecule is CC(C)[C@H](C)/N=c1/cc(Br)cc[nH]1. The molecule has 1 atom stereocenters.